The number of Topliss-reactive ketones (excluding diaryl/α,β-unsaturated/α-hetero) is 2. The number of carbonyl (C=O) groups excluding carboxylic acids is 5. The van der Waals surface area contributed by atoms with Crippen molar-refractivity contribution in [1.82, 2.24) is 40.9 Å². The van der Waals surface area contributed by atoms with Gasteiger partial charge in [0.1, 0.15) is 11.8 Å². The molecular weight excluding hydrogens is 987 g/mol. The molecule has 1 aliphatic rings. The largest absolute Gasteiger partial charge is 0.481 e. The van der Waals surface area contributed by atoms with Crippen molar-refractivity contribution in [3.05, 3.63) is 0 Å². The molecule has 1 fully saturated rings. The van der Waals surface area contributed by atoms with Gasteiger partial charge >= 0.3 is 41.8 Å². The van der Waals surface area contributed by atoms with Crippen molar-refractivity contribution in [3.8, 4) is 0 Å². The molecule has 1 heterocycles. The highest BCUT2D eigenvalue weighted by atomic mass is 16.4. The van der Waals surface area contributed by atoms with Crippen LogP contribution in [0.2, 0.25) is 0 Å². The van der Waals surface area contributed by atoms with Crippen molar-refractivity contribution in [1.29, 1.82) is 0 Å². The third kappa shape index (κ3) is 35.9. The zero-order chi connectivity index (χ0) is 56.0. The fourth-order valence-electron chi connectivity index (χ4n) is 8.39. The number of nitrogens with one attached hydrogen (secondary N) is 4. The van der Waals surface area contributed by atoms with Crippen LogP contribution in [0.1, 0.15) is 128 Å². The van der Waals surface area contributed by atoms with E-state index in [1.807, 2.05) is 0 Å². The Morgan fingerprint density at radius 2 is 0.867 bits per heavy atom. The summed E-state index contributed by atoms with van der Waals surface area (Å²) in [7, 11) is 0. The highest BCUT2D eigenvalue weighted by Crippen LogP contribution is 2.19. The molecule has 26 heteroatoms. The maximum absolute atomic E-state index is 13.7. The maximum atomic E-state index is 13.7. The van der Waals surface area contributed by atoms with Gasteiger partial charge in [0.2, 0.25) is 11.8 Å². The number of aliphatic carboxylic acids is 6. The Kier molecular flexibility index (Phi) is 36.3. The highest BCUT2D eigenvalue weighted by molar-refractivity contribution is 5.91. The minimum atomic E-state index is -1.32. The first-order valence-corrected chi connectivity index (χ1v) is 26.3. The summed E-state index contributed by atoms with van der Waals surface area (Å²) >= 11 is 0. The van der Waals surface area contributed by atoms with Crippen LogP contribution in [0.25, 0.3) is 0 Å². The van der Waals surface area contributed by atoms with Crippen molar-refractivity contribution >= 4 is 65.2 Å². The van der Waals surface area contributed by atoms with E-state index in [0.717, 1.165) is 12.8 Å². The summed E-state index contributed by atoms with van der Waals surface area (Å²) in [6.45, 7) is 1.52. The number of hydrogen-bond donors (Lipinski definition) is 11. The molecule has 0 spiro atoms. The molecule has 2 unspecified atom stereocenters. The number of hydrogen-bond acceptors (Lipinski definition) is 16. The van der Waals surface area contributed by atoms with Crippen LogP contribution in [-0.2, 0) is 47.9 Å². The summed E-state index contributed by atoms with van der Waals surface area (Å²) < 4.78 is 0. The predicted molar refractivity (Wildman–Crippen MR) is 272 cm³/mol. The van der Waals surface area contributed by atoms with E-state index in [-0.39, 0.29) is 122 Å². The second-order valence-corrected chi connectivity index (χ2v) is 19.1. The van der Waals surface area contributed by atoms with E-state index in [1.54, 1.807) is 19.6 Å². The summed E-state index contributed by atoms with van der Waals surface area (Å²) in [5.41, 5.74) is 5.69. The Bertz CT molecular complexity index is 1780. The molecule has 1 saturated heterocycles. The predicted octanol–water partition coefficient (Wildman–Crippen LogP) is 0.499. The summed E-state index contributed by atoms with van der Waals surface area (Å²) in [5, 5.41) is 66.8. The zero-order valence-corrected chi connectivity index (χ0v) is 43.5. The van der Waals surface area contributed by atoms with Gasteiger partial charge in [-0.05, 0) is 77.2 Å². The lowest BCUT2D eigenvalue weighted by atomic mass is 9.91. The first kappa shape index (κ1) is 67.2. The van der Waals surface area contributed by atoms with Crippen molar-refractivity contribution in [2.45, 2.75) is 141 Å². The van der Waals surface area contributed by atoms with Gasteiger partial charge in [0.05, 0.1) is 38.1 Å². The Morgan fingerprint density at radius 1 is 0.413 bits per heavy atom. The highest BCUT2D eigenvalue weighted by Gasteiger charge is 2.29. The van der Waals surface area contributed by atoms with Crippen molar-refractivity contribution in [2.75, 3.05) is 98.2 Å². The second kappa shape index (κ2) is 40.5. The van der Waals surface area contributed by atoms with E-state index in [2.05, 4.69) is 21.3 Å². The van der Waals surface area contributed by atoms with Crippen LogP contribution < -0.4 is 27.0 Å². The van der Waals surface area contributed by atoms with E-state index < -0.39 is 78.0 Å². The van der Waals surface area contributed by atoms with Crippen LogP contribution >= 0.6 is 0 Å². The quantitative estimate of drug-likeness (QED) is 0.0371. The lowest BCUT2D eigenvalue weighted by Gasteiger charge is -2.33. The number of rotatable bonds is 41. The fourth-order valence-corrected chi connectivity index (χ4v) is 8.39. The number of nitrogens with two attached hydrogens (primary N) is 1. The van der Waals surface area contributed by atoms with E-state index in [1.165, 1.54) is 0 Å². The molecule has 0 aromatic rings. The molecule has 0 aromatic heterocycles. The number of nitrogens with zero attached hydrogens (tertiary/aromatic N) is 4. The Labute approximate surface area is 438 Å². The molecule has 26 nitrogen and oxygen atoms in total. The Hall–Kier alpha value is -5.83. The van der Waals surface area contributed by atoms with Gasteiger partial charge in [-0.15, -0.1) is 0 Å². The summed E-state index contributed by atoms with van der Waals surface area (Å²) in [4.78, 5) is 140. The summed E-state index contributed by atoms with van der Waals surface area (Å²) in [6, 6.07) is -3.00. The van der Waals surface area contributed by atoms with E-state index in [0.29, 0.717) is 96.6 Å². The normalized spacial score (nSPS) is 15.5. The van der Waals surface area contributed by atoms with Gasteiger partial charge < -0.3 is 57.6 Å². The number of carboxylic acid groups (broad SMARTS) is 6. The molecule has 1 aliphatic heterocycles. The van der Waals surface area contributed by atoms with Gasteiger partial charge in [-0.1, -0.05) is 25.7 Å². The number of urea groups is 1. The Morgan fingerprint density at radius 3 is 1.33 bits per heavy atom. The topological polar surface area (TPSA) is 396 Å². The number of ketones is 2. The minimum absolute atomic E-state index is 0.0823. The van der Waals surface area contributed by atoms with Crippen molar-refractivity contribution in [3.63, 3.8) is 0 Å². The van der Waals surface area contributed by atoms with Crippen LogP contribution in [0.4, 0.5) is 4.79 Å². The molecule has 0 aromatic carbocycles. The standard InChI is InChI=1S/C49H85N9O17/c50-20-10-9-16-38(53-42(62)32-55-23-25-56(33-44(65)66)27-29-58(35-46(69)70)30-28-57(26-24-55)34-45(67)68)40(60)31-36(47(71)72)13-5-3-7-15-37(59)14-6-1-2-8-17-41(61)51-21-11-4-12-22-52-49(75)54-39(48(73)74)18-19-43(63)64/h36,38-39H,1-35,50H2,(H,51,61)(H,53,62)(H,63,64)(H,65,66)(H,67,68)(H,69,70)(H,71,72)(H,73,74)(H2,52,54,75)/t36?,38?,39-/m0/s1. The second-order valence-electron chi connectivity index (χ2n) is 19.1. The molecule has 428 valence electrons. The fraction of sp³-hybridized carbons (Fsp3) is 0.776. The minimum Gasteiger partial charge on any atom is -0.481 e. The number of unbranched alkanes of at least 4 members (excludes halogenated alkanes) is 8. The molecule has 3 atom stereocenters. The van der Waals surface area contributed by atoms with Crippen LogP contribution in [0.5, 0.6) is 0 Å². The number of carbonyl (C=O) groups is 11. The lowest BCUT2D eigenvalue weighted by molar-refractivity contribution is -0.144. The molecule has 0 aliphatic carbocycles. The molecule has 0 radical (unpaired) electrons. The smallest absolute Gasteiger partial charge is 0.326 e. The van der Waals surface area contributed by atoms with E-state index in [4.69, 9.17) is 15.9 Å². The van der Waals surface area contributed by atoms with Crippen LogP contribution in [0.3, 0.4) is 0 Å². The maximum Gasteiger partial charge on any atom is 0.326 e. The number of amides is 4. The number of carboxylic acids is 6. The van der Waals surface area contributed by atoms with Crippen molar-refractivity contribution in [2.24, 2.45) is 11.7 Å². The SMILES string of the molecule is NCCCCC(NC(=O)CN1CCN(CC(=O)O)CCN(CC(=O)O)CCN(CC(=O)O)CC1)C(=O)CC(CCCCCC(=O)CCCCCCC(=O)NCCCCCNC(=O)N[C@@H](CCC(=O)O)C(=O)O)C(=O)O. The van der Waals surface area contributed by atoms with E-state index >= 15 is 0 Å². The molecule has 75 heavy (non-hydrogen) atoms. The molecule has 12 N–H and O–H groups in total. The van der Waals surface area contributed by atoms with Crippen LogP contribution in [-0.4, -0.2) is 226 Å². The first-order chi connectivity index (χ1) is 35.7. The van der Waals surface area contributed by atoms with Gasteiger partial charge in [0.25, 0.3) is 0 Å². The Balaban J connectivity index is 2.51. The lowest BCUT2D eigenvalue weighted by Crippen LogP contribution is -2.51. The monoisotopic (exact) mass is 1070 g/mol. The third-order valence-electron chi connectivity index (χ3n) is 12.7. The van der Waals surface area contributed by atoms with Gasteiger partial charge in [-0.25, -0.2) is 9.59 Å². The summed E-state index contributed by atoms with van der Waals surface area (Å²) in [6.07, 6.45) is 8.14. The third-order valence-corrected chi connectivity index (χ3v) is 12.7. The first-order valence-electron chi connectivity index (χ1n) is 26.3. The van der Waals surface area contributed by atoms with E-state index in [9.17, 15) is 73.2 Å². The zero-order valence-electron chi connectivity index (χ0n) is 43.5. The molecule has 4 amide bonds. The van der Waals surface area contributed by atoms with Crippen molar-refractivity contribution < 1.29 is 83.4 Å². The molecule has 0 saturated carbocycles. The van der Waals surface area contributed by atoms with Crippen LogP contribution in [0.15, 0.2) is 0 Å². The average Bonchev–Trinajstić information content (AvgIpc) is 3.32. The molecule has 0 bridgehead atoms. The molecular formula is C49H85N9O17. The summed E-state index contributed by atoms with van der Waals surface area (Å²) in [5.74, 6) is -8.85. The van der Waals surface area contributed by atoms with Gasteiger partial charge in [0.15, 0.2) is 5.78 Å². The molecule has 1 rings (SSSR count). The van der Waals surface area contributed by atoms with Gasteiger partial charge in [-0.2, -0.15) is 0 Å². The van der Waals surface area contributed by atoms with Crippen LogP contribution in [0, 0.1) is 5.92 Å². The average molecular weight is 1070 g/mol. The van der Waals surface area contributed by atoms with Gasteiger partial charge in [0, 0.05) is 97.6 Å². The van der Waals surface area contributed by atoms with Gasteiger partial charge in [-0.3, -0.25) is 62.8 Å².